The van der Waals surface area contributed by atoms with Gasteiger partial charge in [0.15, 0.2) is 0 Å². The van der Waals surface area contributed by atoms with Crippen molar-refractivity contribution in [1.82, 2.24) is 0 Å². The summed E-state index contributed by atoms with van der Waals surface area (Å²) < 4.78 is 11.6. The second-order valence-electron chi connectivity index (χ2n) is 8.55. The summed E-state index contributed by atoms with van der Waals surface area (Å²) >= 11 is 0. The van der Waals surface area contributed by atoms with Gasteiger partial charge in [0.05, 0.1) is 11.1 Å². The first-order chi connectivity index (χ1) is 16.5. The summed E-state index contributed by atoms with van der Waals surface area (Å²) in [5.74, 6) is 5.47. The van der Waals surface area contributed by atoms with Crippen molar-refractivity contribution in [3.05, 3.63) is 70.8 Å². The summed E-state index contributed by atoms with van der Waals surface area (Å²) in [6, 6.07) is 14.4. The Kier molecular flexibility index (Phi) is 12.0. The molecule has 0 fully saturated rings. The lowest BCUT2D eigenvalue weighted by Crippen LogP contribution is -2.19. The second kappa shape index (κ2) is 15.0. The molecule has 0 bridgehead atoms. The van der Waals surface area contributed by atoms with E-state index in [2.05, 4.69) is 39.5 Å². The molecule has 0 unspecified atom stereocenters. The lowest BCUT2D eigenvalue weighted by Gasteiger charge is -2.17. The molecule has 0 aliphatic rings. The summed E-state index contributed by atoms with van der Waals surface area (Å²) in [5, 5.41) is 0. The van der Waals surface area contributed by atoms with E-state index in [1.807, 2.05) is 24.3 Å². The van der Waals surface area contributed by atoms with Crippen LogP contribution in [0.2, 0.25) is 0 Å². The maximum atomic E-state index is 12.9. The van der Waals surface area contributed by atoms with Crippen molar-refractivity contribution in [2.45, 2.75) is 91.3 Å². The molecule has 0 aromatic heterocycles. The van der Waals surface area contributed by atoms with Gasteiger partial charge in [-0.15, -0.1) is 0 Å². The van der Waals surface area contributed by atoms with Gasteiger partial charge in [-0.2, -0.15) is 0 Å². The number of rotatable bonds is 12. The molecule has 0 aliphatic heterocycles. The predicted molar refractivity (Wildman–Crippen MR) is 137 cm³/mol. The Balaban J connectivity index is 2.27. The van der Waals surface area contributed by atoms with Crippen molar-refractivity contribution >= 4 is 11.9 Å². The quantitative estimate of drug-likeness (QED) is 0.245. The van der Waals surface area contributed by atoms with E-state index in [4.69, 9.17) is 9.47 Å². The smallest absolute Gasteiger partial charge is 0.339 e. The van der Waals surface area contributed by atoms with Gasteiger partial charge in [0.1, 0.15) is 12.2 Å². The summed E-state index contributed by atoms with van der Waals surface area (Å²) in [6.45, 7) is 8.35. The molecule has 34 heavy (non-hydrogen) atoms. The van der Waals surface area contributed by atoms with Crippen molar-refractivity contribution in [1.29, 1.82) is 0 Å². The number of hydrogen-bond acceptors (Lipinski definition) is 4. The Labute approximate surface area is 205 Å². The minimum Gasteiger partial charge on any atom is -0.459 e. The van der Waals surface area contributed by atoms with Crippen molar-refractivity contribution < 1.29 is 19.1 Å². The van der Waals surface area contributed by atoms with Gasteiger partial charge in [0.2, 0.25) is 0 Å². The summed E-state index contributed by atoms with van der Waals surface area (Å²) in [6.07, 6.45) is 7.07. The maximum absolute atomic E-state index is 12.9. The van der Waals surface area contributed by atoms with Crippen LogP contribution in [0.4, 0.5) is 0 Å². The average Bonchev–Trinajstić information content (AvgIpc) is 2.83. The third-order valence-corrected chi connectivity index (χ3v) is 5.62. The fraction of sp³-hybridized carbons (Fsp3) is 0.467. The van der Waals surface area contributed by atoms with Crippen LogP contribution in [0.5, 0.6) is 0 Å². The number of carbonyl (C=O) groups is 2. The lowest BCUT2D eigenvalue weighted by atomic mass is 10.0. The van der Waals surface area contributed by atoms with E-state index in [1.54, 1.807) is 24.3 Å². The standard InChI is InChI=1S/C30H38O4/c1-5-13-25(14-6-2)33-29(31)27-19-11-9-17-23(27)21-22-24-18-10-12-20-28(24)30(32)34-26(15-7-3)16-8-4/h9-12,17-20,25-26H,5-8,13-16H2,1-4H3. The summed E-state index contributed by atoms with van der Waals surface area (Å²) in [4.78, 5) is 25.8. The van der Waals surface area contributed by atoms with Crippen LogP contribution in [0.1, 0.15) is 111 Å². The molecule has 2 rings (SSSR count). The van der Waals surface area contributed by atoms with E-state index in [9.17, 15) is 9.59 Å². The number of benzene rings is 2. The van der Waals surface area contributed by atoms with Crippen LogP contribution in [0.3, 0.4) is 0 Å². The molecular weight excluding hydrogens is 424 g/mol. The number of esters is 2. The maximum Gasteiger partial charge on any atom is 0.339 e. The van der Waals surface area contributed by atoms with Crippen LogP contribution in [0, 0.1) is 11.8 Å². The highest BCUT2D eigenvalue weighted by Gasteiger charge is 2.18. The molecule has 2 aromatic carbocycles. The molecular formula is C30H38O4. The van der Waals surface area contributed by atoms with Crippen molar-refractivity contribution in [3.63, 3.8) is 0 Å². The molecule has 0 saturated heterocycles. The minimum atomic E-state index is -0.355. The number of hydrogen-bond donors (Lipinski definition) is 0. The molecule has 0 N–H and O–H groups in total. The topological polar surface area (TPSA) is 52.6 Å². The fourth-order valence-corrected chi connectivity index (χ4v) is 3.92. The first kappa shape index (κ1) is 27.2. The third-order valence-electron chi connectivity index (χ3n) is 5.62. The second-order valence-corrected chi connectivity index (χ2v) is 8.55. The predicted octanol–water partition coefficient (Wildman–Crippen LogP) is 7.34. The molecule has 182 valence electrons. The Morgan fingerprint density at radius 1 is 0.618 bits per heavy atom. The van der Waals surface area contributed by atoms with Crippen LogP contribution in [-0.4, -0.2) is 24.1 Å². The van der Waals surface area contributed by atoms with E-state index in [0.717, 1.165) is 51.4 Å². The largest absolute Gasteiger partial charge is 0.459 e. The SMILES string of the molecule is CCCC(CCC)OC(=O)c1ccccc1C#Cc1ccccc1C(=O)OC(CCC)CCC. The van der Waals surface area contributed by atoms with Crippen LogP contribution in [0.25, 0.3) is 0 Å². The lowest BCUT2D eigenvalue weighted by molar-refractivity contribution is 0.0248. The molecule has 0 radical (unpaired) electrons. The highest BCUT2D eigenvalue weighted by Crippen LogP contribution is 2.17. The summed E-state index contributed by atoms with van der Waals surface area (Å²) in [7, 11) is 0. The number of carbonyl (C=O) groups excluding carboxylic acids is 2. The van der Waals surface area contributed by atoms with E-state index in [-0.39, 0.29) is 24.1 Å². The molecule has 2 aromatic rings. The molecule has 0 spiro atoms. The molecule has 0 saturated carbocycles. The van der Waals surface area contributed by atoms with Crippen LogP contribution in [0.15, 0.2) is 48.5 Å². The molecule has 0 atom stereocenters. The monoisotopic (exact) mass is 462 g/mol. The molecule has 0 aliphatic carbocycles. The van der Waals surface area contributed by atoms with E-state index < -0.39 is 0 Å². The van der Waals surface area contributed by atoms with E-state index >= 15 is 0 Å². The van der Waals surface area contributed by atoms with Crippen molar-refractivity contribution in [2.75, 3.05) is 0 Å². The highest BCUT2D eigenvalue weighted by atomic mass is 16.5. The van der Waals surface area contributed by atoms with Crippen LogP contribution >= 0.6 is 0 Å². The third kappa shape index (κ3) is 8.37. The fourth-order valence-electron chi connectivity index (χ4n) is 3.92. The Morgan fingerprint density at radius 3 is 1.26 bits per heavy atom. The Hall–Kier alpha value is -3.06. The first-order valence-electron chi connectivity index (χ1n) is 12.7. The van der Waals surface area contributed by atoms with Gasteiger partial charge in [-0.25, -0.2) is 9.59 Å². The Morgan fingerprint density at radius 2 is 0.941 bits per heavy atom. The molecule has 0 amide bonds. The van der Waals surface area contributed by atoms with Crippen LogP contribution < -0.4 is 0 Å². The van der Waals surface area contributed by atoms with Gasteiger partial charge < -0.3 is 9.47 Å². The van der Waals surface area contributed by atoms with Crippen molar-refractivity contribution in [3.8, 4) is 11.8 Å². The zero-order valence-electron chi connectivity index (χ0n) is 21.1. The van der Waals surface area contributed by atoms with Gasteiger partial charge in [0, 0.05) is 11.1 Å². The first-order valence-corrected chi connectivity index (χ1v) is 12.7. The van der Waals surface area contributed by atoms with Gasteiger partial charge in [-0.1, -0.05) is 89.5 Å². The summed E-state index contributed by atoms with van der Waals surface area (Å²) in [5.41, 5.74) is 2.05. The van der Waals surface area contributed by atoms with Crippen LogP contribution in [-0.2, 0) is 9.47 Å². The van der Waals surface area contributed by atoms with E-state index in [1.165, 1.54) is 0 Å². The highest BCUT2D eigenvalue weighted by molar-refractivity contribution is 5.94. The molecule has 4 heteroatoms. The average molecular weight is 463 g/mol. The van der Waals surface area contributed by atoms with Gasteiger partial charge >= 0.3 is 11.9 Å². The Bertz CT molecular complexity index is 893. The van der Waals surface area contributed by atoms with Gasteiger partial charge in [-0.05, 0) is 49.9 Å². The minimum absolute atomic E-state index is 0.0850. The zero-order valence-corrected chi connectivity index (χ0v) is 21.1. The van der Waals surface area contributed by atoms with Gasteiger partial charge in [0.25, 0.3) is 0 Å². The number of ether oxygens (including phenoxy) is 2. The van der Waals surface area contributed by atoms with E-state index in [0.29, 0.717) is 22.3 Å². The molecule has 0 heterocycles. The molecule has 4 nitrogen and oxygen atoms in total. The van der Waals surface area contributed by atoms with Gasteiger partial charge in [-0.3, -0.25) is 0 Å². The van der Waals surface area contributed by atoms with Crippen molar-refractivity contribution in [2.24, 2.45) is 0 Å². The zero-order chi connectivity index (χ0) is 24.8. The normalized spacial score (nSPS) is 10.6.